The number of piperidine rings is 1. The monoisotopic (exact) mass is 584 g/mol. The molecule has 4 atom stereocenters. The Kier molecular flexibility index (Phi) is 9.56. The number of esters is 2. The molecule has 1 N–H and O–H groups in total. The normalized spacial score (nSPS) is 24.7. The van der Waals surface area contributed by atoms with E-state index in [9.17, 15) is 27.6 Å². The predicted molar refractivity (Wildman–Crippen MR) is 151 cm³/mol. The number of benzene rings is 2. The molecule has 2 fully saturated rings. The van der Waals surface area contributed by atoms with E-state index in [1.807, 2.05) is 11.0 Å². The lowest BCUT2D eigenvalue weighted by Crippen LogP contribution is -2.64. The van der Waals surface area contributed by atoms with E-state index in [-0.39, 0.29) is 17.9 Å². The van der Waals surface area contributed by atoms with E-state index in [1.165, 1.54) is 26.0 Å². The van der Waals surface area contributed by atoms with Crippen molar-refractivity contribution < 1.29 is 37.0 Å². The van der Waals surface area contributed by atoms with Crippen molar-refractivity contribution in [3.63, 3.8) is 0 Å². The van der Waals surface area contributed by atoms with E-state index in [0.717, 1.165) is 11.6 Å². The predicted octanol–water partition coefficient (Wildman–Crippen LogP) is 5.56. The van der Waals surface area contributed by atoms with Crippen LogP contribution in [-0.2, 0) is 24.5 Å². The fraction of sp³-hybridized carbons (Fsp3) is 0.406. The number of rotatable bonds is 8. The Balaban J connectivity index is 1.75. The van der Waals surface area contributed by atoms with Crippen molar-refractivity contribution in [1.29, 1.82) is 0 Å². The van der Waals surface area contributed by atoms with Gasteiger partial charge in [-0.25, -0.2) is 0 Å². The van der Waals surface area contributed by atoms with Crippen molar-refractivity contribution >= 4 is 23.9 Å². The zero-order valence-corrected chi connectivity index (χ0v) is 23.7. The first-order valence-electron chi connectivity index (χ1n) is 13.9. The molecule has 0 aromatic heterocycles. The molecule has 0 spiro atoms. The molecule has 2 aliphatic rings. The Bertz CT molecular complexity index is 1340. The Morgan fingerprint density at radius 1 is 1.10 bits per heavy atom. The van der Waals surface area contributed by atoms with Gasteiger partial charge in [0.2, 0.25) is 0 Å². The summed E-state index contributed by atoms with van der Waals surface area (Å²) in [6, 6.07) is 14.9. The number of alkyl halides is 3. The summed E-state index contributed by atoms with van der Waals surface area (Å²) >= 11 is 0. The molecule has 1 aliphatic carbocycles. The number of amides is 1. The molecule has 224 valence electrons. The summed E-state index contributed by atoms with van der Waals surface area (Å²) in [6.45, 7) is 7.08. The number of carbonyl (C=O) groups is 3. The lowest BCUT2D eigenvalue weighted by atomic mass is 9.57. The van der Waals surface area contributed by atoms with E-state index in [2.05, 4.69) is 11.9 Å². The molecule has 7 nitrogen and oxygen atoms in total. The van der Waals surface area contributed by atoms with Crippen LogP contribution >= 0.6 is 0 Å². The van der Waals surface area contributed by atoms with Gasteiger partial charge in [0.1, 0.15) is 17.4 Å². The van der Waals surface area contributed by atoms with Gasteiger partial charge in [-0.3, -0.25) is 19.3 Å². The molecule has 42 heavy (non-hydrogen) atoms. The summed E-state index contributed by atoms with van der Waals surface area (Å²) in [4.78, 5) is 38.9. The Hall–Kier alpha value is -3.92. The van der Waals surface area contributed by atoms with Gasteiger partial charge in [-0.15, -0.1) is 6.58 Å². The number of halogens is 3. The van der Waals surface area contributed by atoms with Crippen LogP contribution in [0.4, 0.5) is 13.2 Å². The van der Waals surface area contributed by atoms with Crippen LogP contribution in [-0.4, -0.2) is 54.3 Å². The molecule has 2 aromatic carbocycles. The zero-order valence-electron chi connectivity index (χ0n) is 23.7. The van der Waals surface area contributed by atoms with Gasteiger partial charge >= 0.3 is 18.1 Å². The summed E-state index contributed by atoms with van der Waals surface area (Å²) in [5.74, 6) is -2.05. The molecule has 2 aromatic rings. The van der Waals surface area contributed by atoms with E-state index in [4.69, 9.17) is 9.47 Å². The van der Waals surface area contributed by atoms with Crippen LogP contribution in [0.5, 0.6) is 5.75 Å². The van der Waals surface area contributed by atoms with Crippen molar-refractivity contribution in [2.24, 2.45) is 5.92 Å². The smallest absolute Gasteiger partial charge is 0.421 e. The number of fused-ring (bicyclic) bond motifs is 1. The summed E-state index contributed by atoms with van der Waals surface area (Å²) in [5, 5.41) is 2.67. The molecule has 10 heteroatoms. The minimum Gasteiger partial charge on any atom is -0.462 e. The van der Waals surface area contributed by atoms with E-state index in [0.29, 0.717) is 38.1 Å². The van der Waals surface area contributed by atoms with Crippen LogP contribution in [0, 0.1) is 5.92 Å². The number of hydrogen-bond donors (Lipinski definition) is 1. The lowest BCUT2D eigenvalue weighted by Gasteiger charge is -2.56. The van der Waals surface area contributed by atoms with E-state index in [1.54, 1.807) is 42.5 Å². The molecule has 0 radical (unpaired) electrons. The van der Waals surface area contributed by atoms with E-state index < -0.39 is 47.3 Å². The maximum atomic E-state index is 14.1. The molecule has 1 aliphatic heterocycles. The van der Waals surface area contributed by atoms with Gasteiger partial charge in [0.25, 0.3) is 5.91 Å². The maximum absolute atomic E-state index is 14.1. The van der Waals surface area contributed by atoms with E-state index >= 15 is 0 Å². The number of likely N-dealkylation sites (tertiary alicyclic amines) is 1. The quantitative estimate of drug-likeness (QED) is 0.189. The first-order valence-corrected chi connectivity index (χ1v) is 13.9. The maximum Gasteiger partial charge on any atom is 0.421 e. The number of ether oxygens (including phenoxy) is 2. The Morgan fingerprint density at radius 2 is 1.83 bits per heavy atom. The first-order chi connectivity index (χ1) is 19.9. The fourth-order valence-corrected chi connectivity index (χ4v) is 6.36. The molecular weight excluding hydrogens is 549 g/mol. The number of hydrogen-bond acceptors (Lipinski definition) is 6. The van der Waals surface area contributed by atoms with Gasteiger partial charge in [-0.05, 0) is 55.0 Å². The number of carbonyl (C=O) groups excluding carboxylic acids is 3. The molecule has 1 heterocycles. The topological polar surface area (TPSA) is 84.9 Å². The molecule has 2 unspecified atom stereocenters. The first kappa shape index (κ1) is 31.0. The summed E-state index contributed by atoms with van der Waals surface area (Å²) < 4.78 is 53.5. The third-order valence-electron chi connectivity index (χ3n) is 8.01. The highest BCUT2D eigenvalue weighted by Gasteiger charge is 2.54. The van der Waals surface area contributed by atoms with Crippen LogP contribution in [0.15, 0.2) is 72.8 Å². The average Bonchev–Trinajstić information content (AvgIpc) is 2.92. The highest BCUT2D eigenvalue weighted by atomic mass is 19.4. The highest BCUT2D eigenvalue weighted by molar-refractivity contribution is 5.99. The van der Waals surface area contributed by atoms with Gasteiger partial charge in [0.15, 0.2) is 0 Å². The van der Waals surface area contributed by atoms with Crippen LogP contribution < -0.4 is 10.1 Å². The van der Waals surface area contributed by atoms with Crippen molar-refractivity contribution in [2.75, 3.05) is 13.1 Å². The van der Waals surface area contributed by atoms with Gasteiger partial charge in [0.05, 0.1) is 6.17 Å². The molecule has 1 saturated heterocycles. The van der Waals surface area contributed by atoms with Gasteiger partial charge in [-0.2, -0.15) is 13.2 Å². The second-order valence-electron chi connectivity index (χ2n) is 10.8. The second kappa shape index (κ2) is 12.9. The van der Waals surface area contributed by atoms with Gasteiger partial charge in [-0.1, -0.05) is 48.5 Å². The van der Waals surface area contributed by atoms with Crippen molar-refractivity contribution in [3.8, 4) is 5.75 Å². The fourth-order valence-electron chi connectivity index (χ4n) is 6.36. The van der Waals surface area contributed by atoms with Crippen LogP contribution in [0.2, 0.25) is 0 Å². The summed E-state index contributed by atoms with van der Waals surface area (Å²) in [5.41, 5.74) is -0.939. The minimum atomic E-state index is -4.89. The van der Waals surface area contributed by atoms with Crippen LogP contribution in [0.3, 0.4) is 0 Å². The molecule has 1 saturated carbocycles. The van der Waals surface area contributed by atoms with Crippen molar-refractivity contribution in [3.05, 3.63) is 84.0 Å². The van der Waals surface area contributed by atoms with Crippen LogP contribution in [0.25, 0.3) is 6.08 Å². The molecule has 0 bridgehead atoms. The lowest BCUT2D eigenvalue weighted by molar-refractivity contribution is -0.158. The SMILES string of the molecule is C=CCN1CC2C(OC(C)=O)CCC[C@@]2(c2cccc(OC(C)=O)c2)C[C@H]1NC(=O)C(=Cc1ccccc1)C(F)(F)F. The van der Waals surface area contributed by atoms with Gasteiger partial charge in [0, 0.05) is 38.3 Å². The number of nitrogens with one attached hydrogen (secondary N) is 1. The largest absolute Gasteiger partial charge is 0.462 e. The second-order valence-corrected chi connectivity index (χ2v) is 10.8. The van der Waals surface area contributed by atoms with Crippen molar-refractivity contribution in [1.82, 2.24) is 10.2 Å². The standard InChI is InChI=1S/C32H35F3N2O5/c1-4-16-37-20-27-28(42-22(3)39)14-9-15-31(27,24-12-8-13-25(18-24)41-21(2)38)19-29(37)36-30(40)26(32(33,34)35)17-23-10-6-5-7-11-23/h4-8,10-13,17-18,27-29H,1,9,14-16,19-20H2,2-3H3,(H,36,40)/t27?,28?,29-,31-/m0/s1. The minimum absolute atomic E-state index is 0.238. The number of nitrogens with zero attached hydrogens (tertiary/aromatic N) is 1. The third-order valence-corrected chi connectivity index (χ3v) is 8.01. The van der Waals surface area contributed by atoms with Crippen LogP contribution in [0.1, 0.15) is 50.7 Å². The molecular formula is C32H35F3N2O5. The molecule has 1 amide bonds. The molecule has 4 rings (SSSR count). The average molecular weight is 585 g/mol. The summed E-state index contributed by atoms with van der Waals surface area (Å²) in [6.07, 6.45) is -1.45. The Morgan fingerprint density at radius 3 is 2.48 bits per heavy atom. The zero-order chi connectivity index (χ0) is 30.5. The van der Waals surface area contributed by atoms with Crippen molar-refractivity contribution in [2.45, 2.75) is 63.4 Å². The van der Waals surface area contributed by atoms with Gasteiger partial charge < -0.3 is 14.8 Å². The highest BCUT2D eigenvalue weighted by Crippen LogP contribution is 2.51. The Labute approximate surface area is 243 Å². The third kappa shape index (κ3) is 7.10. The summed E-state index contributed by atoms with van der Waals surface area (Å²) in [7, 11) is 0.